The molecule has 0 amide bonds. The number of aromatic nitrogens is 2. The zero-order valence-corrected chi connectivity index (χ0v) is 17.0. The number of imidazole rings is 1. The van der Waals surface area contributed by atoms with Gasteiger partial charge in [-0.25, -0.2) is 4.98 Å². The number of aliphatic hydroxyl groups excluding tert-OH is 1. The highest BCUT2D eigenvalue weighted by molar-refractivity contribution is 5.76. The Morgan fingerprint density at radius 1 is 1.00 bits per heavy atom. The third kappa shape index (κ3) is 3.91. The lowest BCUT2D eigenvalue weighted by Crippen LogP contribution is -2.25. The summed E-state index contributed by atoms with van der Waals surface area (Å²) in [6.45, 7) is 0.826. The molecule has 5 rings (SSSR count). The van der Waals surface area contributed by atoms with Crippen LogP contribution in [0.2, 0.25) is 0 Å². The van der Waals surface area contributed by atoms with Crippen LogP contribution in [0.4, 0.5) is 0 Å². The van der Waals surface area contributed by atoms with Gasteiger partial charge in [0.15, 0.2) is 0 Å². The summed E-state index contributed by atoms with van der Waals surface area (Å²) in [5.41, 5.74) is 4.99. The number of benzene rings is 2. The second-order valence-corrected chi connectivity index (χ2v) is 8.65. The highest BCUT2D eigenvalue weighted by Crippen LogP contribution is 2.34. The normalized spacial score (nSPS) is 18.1. The predicted octanol–water partition coefficient (Wildman–Crippen LogP) is 5.01. The Balaban J connectivity index is 1.32. The van der Waals surface area contributed by atoms with Crippen molar-refractivity contribution in [2.75, 3.05) is 6.61 Å². The number of rotatable bonds is 6. The van der Waals surface area contributed by atoms with Crippen molar-refractivity contribution in [3.8, 4) is 5.75 Å². The zero-order chi connectivity index (χ0) is 19.6. The van der Waals surface area contributed by atoms with E-state index in [9.17, 15) is 5.11 Å². The third-order valence-corrected chi connectivity index (χ3v) is 6.56. The van der Waals surface area contributed by atoms with Crippen LogP contribution in [0.3, 0.4) is 0 Å². The minimum atomic E-state index is -0.566. The Bertz CT molecular complexity index is 988. The van der Waals surface area contributed by atoms with Crippen molar-refractivity contribution < 1.29 is 9.84 Å². The highest BCUT2D eigenvalue weighted by Gasteiger charge is 2.23. The number of fused-ring (bicyclic) bond motifs is 2. The average Bonchev–Trinajstić information content (AvgIpc) is 3.37. The lowest BCUT2D eigenvalue weighted by molar-refractivity contribution is 0.0921. The van der Waals surface area contributed by atoms with Crippen LogP contribution in [-0.2, 0) is 19.4 Å². The number of aliphatic hydroxyl groups is 1. The molecule has 3 aromatic rings. The smallest absolute Gasteiger partial charge is 0.119 e. The third-order valence-electron chi connectivity index (χ3n) is 6.56. The molecule has 152 valence electrons. The first-order valence-electron chi connectivity index (χ1n) is 11.2. The second-order valence-electron chi connectivity index (χ2n) is 8.65. The van der Waals surface area contributed by atoms with Gasteiger partial charge in [0.1, 0.15) is 24.3 Å². The molecule has 1 unspecified atom stereocenters. The maximum absolute atomic E-state index is 10.8. The number of para-hydroxylation sites is 2. The van der Waals surface area contributed by atoms with Gasteiger partial charge >= 0.3 is 0 Å². The van der Waals surface area contributed by atoms with Crippen LogP contribution in [0.5, 0.6) is 5.75 Å². The number of aryl methyl sites for hydroxylation is 2. The molecule has 1 saturated carbocycles. The van der Waals surface area contributed by atoms with Gasteiger partial charge in [-0.2, -0.15) is 0 Å². The Hall–Kier alpha value is -2.33. The fourth-order valence-corrected chi connectivity index (χ4v) is 5.05. The number of hydrogen-bond acceptors (Lipinski definition) is 3. The van der Waals surface area contributed by atoms with E-state index in [0.717, 1.165) is 29.0 Å². The average molecular weight is 391 g/mol. The summed E-state index contributed by atoms with van der Waals surface area (Å²) in [4.78, 5) is 4.96. The molecule has 2 aliphatic carbocycles. The summed E-state index contributed by atoms with van der Waals surface area (Å²) >= 11 is 0. The molecule has 0 bridgehead atoms. The van der Waals surface area contributed by atoms with Crippen LogP contribution >= 0.6 is 0 Å². The molecule has 0 radical (unpaired) electrons. The van der Waals surface area contributed by atoms with Crippen molar-refractivity contribution in [2.45, 2.75) is 69.9 Å². The molecule has 1 N–H and O–H groups in total. The fraction of sp³-hybridized carbons (Fsp3) is 0.480. The number of ether oxygens (including phenoxy) is 1. The molecule has 29 heavy (non-hydrogen) atoms. The molecule has 0 aliphatic heterocycles. The standard InChI is InChI=1S/C25H30N2O2/c28-21(17-29-22-14-13-18-9-6-10-20(18)15-22)16-27-24-12-5-4-11-23(24)26-25(27)19-7-2-1-3-8-19/h4-5,11-15,19,21,28H,1-3,6-10,16-17H2. The SMILES string of the molecule is OC(COc1ccc2c(c1)CCC2)Cn1c(C2CCCCC2)nc2ccccc21. The second kappa shape index (κ2) is 8.19. The number of hydrogen-bond donors (Lipinski definition) is 1. The molecule has 0 spiro atoms. The Labute approximate surface area is 172 Å². The van der Waals surface area contributed by atoms with E-state index in [2.05, 4.69) is 34.9 Å². The van der Waals surface area contributed by atoms with Crippen molar-refractivity contribution in [3.05, 3.63) is 59.4 Å². The van der Waals surface area contributed by atoms with Crippen LogP contribution in [0.1, 0.15) is 61.4 Å². The van der Waals surface area contributed by atoms with E-state index in [1.165, 1.54) is 56.1 Å². The van der Waals surface area contributed by atoms with Crippen LogP contribution in [-0.4, -0.2) is 27.4 Å². The summed E-state index contributed by atoms with van der Waals surface area (Å²) in [5, 5.41) is 10.8. The van der Waals surface area contributed by atoms with Gasteiger partial charge in [0.05, 0.1) is 17.6 Å². The Kier molecular flexibility index (Phi) is 5.28. The van der Waals surface area contributed by atoms with E-state index >= 15 is 0 Å². The van der Waals surface area contributed by atoms with E-state index in [1.807, 2.05) is 12.1 Å². The van der Waals surface area contributed by atoms with Gasteiger partial charge in [-0.1, -0.05) is 37.5 Å². The highest BCUT2D eigenvalue weighted by atomic mass is 16.5. The Morgan fingerprint density at radius 3 is 2.72 bits per heavy atom. The molecular formula is C25H30N2O2. The molecule has 0 saturated heterocycles. The summed E-state index contributed by atoms with van der Waals surface area (Å²) in [5.74, 6) is 2.51. The minimum absolute atomic E-state index is 0.301. The monoisotopic (exact) mass is 390 g/mol. The largest absolute Gasteiger partial charge is 0.491 e. The van der Waals surface area contributed by atoms with E-state index in [1.54, 1.807) is 0 Å². The summed E-state index contributed by atoms with van der Waals surface area (Å²) in [7, 11) is 0. The summed E-state index contributed by atoms with van der Waals surface area (Å²) < 4.78 is 8.19. The van der Waals surface area contributed by atoms with Gasteiger partial charge in [-0.05, 0) is 67.5 Å². The number of nitrogens with zero attached hydrogens (tertiary/aromatic N) is 2. The summed E-state index contributed by atoms with van der Waals surface area (Å²) in [6.07, 6.45) is 9.26. The van der Waals surface area contributed by atoms with Crippen molar-refractivity contribution in [2.24, 2.45) is 0 Å². The maximum atomic E-state index is 10.8. The maximum Gasteiger partial charge on any atom is 0.119 e. The van der Waals surface area contributed by atoms with E-state index in [-0.39, 0.29) is 0 Å². The first kappa shape index (κ1) is 18.7. The molecule has 4 nitrogen and oxygen atoms in total. The first-order chi connectivity index (χ1) is 14.3. The quantitative estimate of drug-likeness (QED) is 0.643. The van der Waals surface area contributed by atoms with Crippen molar-refractivity contribution >= 4 is 11.0 Å². The molecule has 2 aliphatic rings. The lowest BCUT2D eigenvalue weighted by atomic mass is 9.88. The Morgan fingerprint density at radius 2 is 1.83 bits per heavy atom. The minimum Gasteiger partial charge on any atom is -0.491 e. The van der Waals surface area contributed by atoms with Crippen molar-refractivity contribution in [1.82, 2.24) is 9.55 Å². The van der Waals surface area contributed by atoms with Crippen LogP contribution in [0.25, 0.3) is 11.0 Å². The van der Waals surface area contributed by atoms with Gasteiger partial charge in [0.2, 0.25) is 0 Å². The zero-order valence-electron chi connectivity index (χ0n) is 17.0. The van der Waals surface area contributed by atoms with Crippen LogP contribution < -0.4 is 4.74 Å². The lowest BCUT2D eigenvalue weighted by Gasteiger charge is -2.23. The van der Waals surface area contributed by atoms with E-state index in [0.29, 0.717) is 19.1 Å². The molecule has 1 atom stereocenters. The molecule has 2 aromatic carbocycles. The summed E-state index contributed by atoms with van der Waals surface area (Å²) in [6, 6.07) is 14.6. The first-order valence-corrected chi connectivity index (χ1v) is 11.2. The molecule has 1 heterocycles. The predicted molar refractivity (Wildman–Crippen MR) is 116 cm³/mol. The fourth-order valence-electron chi connectivity index (χ4n) is 5.05. The van der Waals surface area contributed by atoms with Crippen molar-refractivity contribution in [1.29, 1.82) is 0 Å². The van der Waals surface area contributed by atoms with Crippen LogP contribution in [0.15, 0.2) is 42.5 Å². The van der Waals surface area contributed by atoms with Gasteiger partial charge in [0, 0.05) is 5.92 Å². The van der Waals surface area contributed by atoms with Gasteiger partial charge in [-0.3, -0.25) is 0 Å². The van der Waals surface area contributed by atoms with E-state index in [4.69, 9.17) is 9.72 Å². The van der Waals surface area contributed by atoms with Gasteiger partial charge in [0.25, 0.3) is 0 Å². The molecule has 4 heteroatoms. The topological polar surface area (TPSA) is 47.3 Å². The molecule has 1 aromatic heterocycles. The van der Waals surface area contributed by atoms with Gasteiger partial charge in [-0.15, -0.1) is 0 Å². The van der Waals surface area contributed by atoms with Gasteiger partial charge < -0.3 is 14.4 Å². The van der Waals surface area contributed by atoms with Crippen molar-refractivity contribution in [3.63, 3.8) is 0 Å². The van der Waals surface area contributed by atoms with E-state index < -0.39 is 6.10 Å². The molecular weight excluding hydrogens is 360 g/mol. The molecule has 1 fully saturated rings. The van der Waals surface area contributed by atoms with Crippen LogP contribution in [0, 0.1) is 0 Å².